The first-order chi connectivity index (χ1) is 9.58. The maximum Gasteiger partial charge on any atom is 0.260 e. The average Bonchev–Trinajstić information content (AvgIpc) is 2.44. The molecular formula is C13H18F2N2O3. The molecule has 0 fully saturated rings. The van der Waals surface area contributed by atoms with E-state index in [1.165, 1.54) is 0 Å². The first kappa shape index (κ1) is 16.3. The second-order valence-corrected chi connectivity index (χ2v) is 4.05. The number of rotatable bonds is 8. The van der Waals surface area contributed by atoms with E-state index in [0.29, 0.717) is 5.75 Å². The summed E-state index contributed by atoms with van der Waals surface area (Å²) < 4.78 is 29.9. The minimum atomic E-state index is -2.65. The second kappa shape index (κ2) is 8.44. The van der Waals surface area contributed by atoms with Gasteiger partial charge in [-0.3, -0.25) is 4.79 Å². The lowest BCUT2D eigenvalue weighted by molar-refractivity contribution is -0.135. The summed E-state index contributed by atoms with van der Waals surface area (Å²) >= 11 is 0. The normalized spacial score (nSPS) is 10.7. The molecule has 0 saturated carbocycles. The van der Waals surface area contributed by atoms with Gasteiger partial charge in [0.15, 0.2) is 6.61 Å². The highest BCUT2D eigenvalue weighted by Crippen LogP contribution is 2.17. The third kappa shape index (κ3) is 5.10. The summed E-state index contributed by atoms with van der Waals surface area (Å²) in [5.41, 5.74) is 6.25. The Labute approximate surface area is 115 Å². The summed E-state index contributed by atoms with van der Waals surface area (Å²) in [6.07, 6.45) is -2.65. The smallest absolute Gasteiger partial charge is 0.260 e. The van der Waals surface area contributed by atoms with Crippen LogP contribution >= 0.6 is 0 Å². The molecule has 0 unspecified atom stereocenters. The fourth-order valence-corrected chi connectivity index (χ4v) is 1.65. The van der Waals surface area contributed by atoms with Gasteiger partial charge < -0.3 is 20.5 Å². The van der Waals surface area contributed by atoms with Crippen LogP contribution in [0, 0.1) is 0 Å². The van der Waals surface area contributed by atoms with Crippen molar-refractivity contribution in [3.05, 3.63) is 29.8 Å². The van der Waals surface area contributed by atoms with Gasteiger partial charge in [-0.2, -0.15) is 0 Å². The van der Waals surface area contributed by atoms with Gasteiger partial charge >= 0.3 is 0 Å². The lowest BCUT2D eigenvalue weighted by Gasteiger charge is -2.21. The summed E-state index contributed by atoms with van der Waals surface area (Å²) in [7, 11) is 0. The Morgan fingerprint density at radius 1 is 1.40 bits per heavy atom. The van der Waals surface area contributed by atoms with Crippen LogP contribution in [0.5, 0.6) is 5.75 Å². The number of aliphatic hydroxyl groups excluding tert-OH is 1. The van der Waals surface area contributed by atoms with Gasteiger partial charge in [0.2, 0.25) is 0 Å². The fourth-order valence-electron chi connectivity index (χ4n) is 1.65. The fraction of sp³-hybridized carbons (Fsp3) is 0.462. The third-order valence-corrected chi connectivity index (χ3v) is 2.62. The van der Waals surface area contributed by atoms with E-state index < -0.39 is 18.9 Å². The quantitative estimate of drug-likeness (QED) is 0.735. The van der Waals surface area contributed by atoms with Crippen LogP contribution in [0.4, 0.5) is 8.78 Å². The number of hydrogen-bond acceptors (Lipinski definition) is 4. The second-order valence-electron chi connectivity index (χ2n) is 4.05. The van der Waals surface area contributed by atoms with Gasteiger partial charge in [-0.25, -0.2) is 8.78 Å². The first-order valence-electron chi connectivity index (χ1n) is 6.16. The van der Waals surface area contributed by atoms with Gasteiger partial charge in [-0.15, -0.1) is 0 Å². The first-order valence-corrected chi connectivity index (χ1v) is 6.16. The highest BCUT2D eigenvalue weighted by atomic mass is 19.3. The number of hydrogen-bond donors (Lipinski definition) is 2. The van der Waals surface area contributed by atoms with Crippen molar-refractivity contribution < 1.29 is 23.4 Å². The highest BCUT2D eigenvalue weighted by molar-refractivity contribution is 5.77. The van der Waals surface area contributed by atoms with Crippen LogP contribution in [0.15, 0.2) is 24.3 Å². The molecule has 3 N–H and O–H groups in total. The molecule has 0 saturated heterocycles. The van der Waals surface area contributed by atoms with Crippen molar-refractivity contribution in [1.82, 2.24) is 4.90 Å². The number of nitrogens with two attached hydrogens (primary N) is 1. The lowest BCUT2D eigenvalue weighted by atomic mass is 10.2. The Morgan fingerprint density at radius 2 is 2.10 bits per heavy atom. The van der Waals surface area contributed by atoms with Crippen LogP contribution in [-0.4, -0.2) is 48.6 Å². The summed E-state index contributed by atoms with van der Waals surface area (Å²) in [6, 6.07) is 6.92. The molecule has 0 bridgehead atoms. The monoisotopic (exact) mass is 288 g/mol. The van der Waals surface area contributed by atoms with E-state index in [1.54, 1.807) is 24.3 Å². The van der Waals surface area contributed by atoms with Crippen LogP contribution in [0.2, 0.25) is 0 Å². The molecule has 1 rings (SSSR count). The lowest BCUT2D eigenvalue weighted by Crippen LogP contribution is -2.40. The predicted molar refractivity (Wildman–Crippen MR) is 69.5 cm³/mol. The van der Waals surface area contributed by atoms with E-state index in [0.717, 1.165) is 10.5 Å². The van der Waals surface area contributed by atoms with Gasteiger partial charge in [0.1, 0.15) is 5.75 Å². The number of carbonyl (C=O) groups is 1. The minimum Gasteiger partial charge on any atom is -0.483 e. The van der Waals surface area contributed by atoms with Crippen LogP contribution in [0.3, 0.4) is 0 Å². The molecular weight excluding hydrogens is 270 g/mol. The standard InChI is InChI=1S/C13H18F2N2O3/c14-12(15)8-17(5-6-18)13(19)9-20-11-4-2-1-3-10(11)7-16/h1-4,12,18H,5-9,16H2. The topological polar surface area (TPSA) is 75.8 Å². The molecule has 0 spiro atoms. The molecule has 0 aliphatic carbocycles. The molecule has 7 heteroatoms. The third-order valence-electron chi connectivity index (χ3n) is 2.62. The Balaban J connectivity index is 2.60. The predicted octanol–water partition coefficient (Wildman–Crippen LogP) is 0.610. The molecule has 0 heterocycles. The van der Waals surface area contributed by atoms with Crippen molar-refractivity contribution >= 4 is 5.91 Å². The summed E-state index contributed by atoms with van der Waals surface area (Å²) in [6.45, 7) is -1.37. The molecule has 1 amide bonds. The molecule has 5 nitrogen and oxygen atoms in total. The summed E-state index contributed by atoms with van der Waals surface area (Å²) in [5, 5.41) is 8.77. The van der Waals surface area contributed by atoms with Crippen molar-refractivity contribution in [3.63, 3.8) is 0 Å². The zero-order chi connectivity index (χ0) is 15.0. The number of amides is 1. The molecule has 1 aromatic carbocycles. The number of alkyl halides is 2. The van der Waals surface area contributed by atoms with Crippen LogP contribution in [-0.2, 0) is 11.3 Å². The Hall–Kier alpha value is -1.73. The Morgan fingerprint density at radius 3 is 2.70 bits per heavy atom. The zero-order valence-corrected chi connectivity index (χ0v) is 11.0. The van der Waals surface area contributed by atoms with E-state index in [9.17, 15) is 13.6 Å². The van der Waals surface area contributed by atoms with E-state index in [-0.39, 0.29) is 26.3 Å². The summed E-state index contributed by atoms with van der Waals surface area (Å²) in [5.74, 6) is -0.157. The van der Waals surface area contributed by atoms with E-state index in [4.69, 9.17) is 15.6 Å². The van der Waals surface area contributed by atoms with Crippen LogP contribution in [0.1, 0.15) is 5.56 Å². The SMILES string of the molecule is NCc1ccccc1OCC(=O)N(CCO)CC(F)F. The number of halogens is 2. The Kier molecular flexibility index (Phi) is 6.89. The molecule has 112 valence electrons. The van der Waals surface area contributed by atoms with Gasteiger partial charge in [0.25, 0.3) is 12.3 Å². The number of carbonyl (C=O) groups excluding carboxylic acids is 1. The highest BCUT2D eigenvalue weighted by Gasteiger charge is 2.18. The molecule has 0 aromatic heterocycles. The summed E-state index contributed by atoms with van der Waals surface area (Å²) in [4.78, 5) is 12.6. The number of ether oxygens (including phenoxy) is 1. The molecule has 0 aliphatic heterocycles. The van der Waals surface area contributed by atoms with E-state index in [1.807, 2.05) is 0 Å². The molecule has 20 heavy (non-hydrogen) atoms. The zero-order valence-electron chi connectivity index (χ0n) is 11.0. The van der Waals surface area contributed by atoms with Crippen molar-refractivity contribution in [3.8, 4) is 5.75 Å². The van der Waals surface area contributed by atoms with Crippen molar-refractivity contribution in [1.29, 1.82) is 0 Å². The molecule has 0 aliphatic rings. The number of para-hydroxylation sites is 1. The number of benzene rings is 1. The average molecular weight is 288 g/mol. The van der Waals surface area contributed by atoms with Gasteiger partial charge in [0.05, 0.1) is 13.2 Å². The maximum atomic E-state index is 12.3. The number of aliphatic hydroxyl groups is 1. The minimum absolute atomic E-state index is 0.148. The molecule has 1 aromatic rings. The largest absolute Gasteiger partial charge is 0.483 e. The Bertz CT molecular complexity index is 430. The van der Waals surface area contributed by atoms with Gasteiger partial charge in [-0.1, -0.05) is 18.2 Å². The van der Waals surface area contributed by atoms with E-state index in [2.05, 4.69) is 0 Å². The van der Waals surface area contributed by atoms with Gasteiger partial charge in [0, 0.05) is 18.7 Å². The van der Waals surface area contributed by atoms with E-state index >= 15 is 0 Å². The van der Waals surface area contributed by atoms with Crippen molar-refractivity contribution in [2.75, 3.05) is 26.3 Å². The van der Waals surface area contributed by atoms with Crippen LogP contribution in [0.25, 0.3) is 0 Å². The number of nitrogens with zero attached hydrogens (tertiary/aromatic N) is 1. The van der Waals surface area contributed by atoms with Crippen molar-refractivity contribution in [2.24, 2.45) is 5.73 Å². The maximum absolute atomic E-state index is 12.3. The molecule has 0 atom stereocenters. The van der Waals surface area contributed by atoms with Crippen molar-refractivity contribution in [2.45, 2.75) is 13.0 Å². The molecule has 0 radical (unpaired) electrons. The van der Waals surface area contributed by atoms with Gasteiger partial charge in [-0.05, 0) is 6.07 Å². The van der Waals surface area contributed by atoms with Crippen LogP contribution < -0.4 is 10.5 Å².